The quantitative estimate of drug-likeness (QED) is 0.131. The largest absolute Gasteiger partial charge is 0.501 e. The van der Waals surface area contributed by atoms with Gasteiger partial charge < -0.3 is 8.98 Å². The second-order valence-corrected chi connectivity index (χ2v) is 23.6. The zero-order valence-electron chi connectivity index (χ0n) is 27.4. The first-order chi connectivity index (χ1) is 23.4. The van der Waals surface area contributed by atoms with Crippen LogP contribution >= 0.6 is 0 Å². The van der Waals surface area contributed by atoms with Gasteiger partial charge in [-0.1, -0.05) is 59.5 Å². The number of pyridine rings is 1. The zero-order valence-corrected chi connectivity index (χ0v) is 31.9. The molecule has 3 aromatic heterocycles. The average Bonchev–Trinajstić information content (AvgIpc) is 3.71. The Balaban J connectivity index is 0.000000160. The van der Waals surface area contributed by atoms with Gasteiger partial charge in [-0.2, -0.15) is 0 Å². The molecule has 0 aliphatic heterocycles. The van der Waals surface area contributed by atoms with Crippen molar-refractivity contribution in [1.82, 2.24) is 14.5 Å². The molecule has 9 aromatic rings. The molecular formula is C43H33GeIrN3O-2. The number of benzene rings is 6. The van der Waals surface area contributed by atoms with E-state index < -0.39 is 13.3 Å². The van der Waals surface area contributed by atoms with Crippen molar-refractivity contribution < 1.29 is 24.5 Å². The number of rotatable bonds is 4. The number of aromatic nitrogens is 3. The van der Waals surface area contributed by atoms with E-state index in [-0.39, 0.29) is 20.1 Å². The molecule has 0 N–H and O–H groups in total. The number of fused-ring (bicyclic) bond motifs is 5. The first-order valence-electron chi connectivity index (χ1n) is 16.2. The fourth-order valence-corrected chi connectivity index (χ4v) is 8.33. The summed E-state index contributed by atoms with van der Waals surface area (Å²) in [7, 11) is 0. The van der Waals surface area contributed by atoms with Crippen LogP contribution in [0.3, 0.4) is 0 Å². The molecule has 49 heavy (non-hydrogen) atoms. The Bertz CT molecular complexity index is 2550. The molecule has 0 spiro atoms. The molecule has 0 amide bonds. The molecule has 0 unspecified atom stereocenters. The van der Waals surface area contributed by atoms with Gasteiger partial charge in [-0.05, 0) is 30.3 Å². The van der Waals surface area contributed by atoms with Gasteiger partial charge in [0.1, 0.15) is 5.58 Å². The van der Waals surface area contributed by atoms with Crippen LogP contribution < -0.4 is 4.40 Å². The Hall–Kier alpha value is -4.81. The Kier molecular flexibility index (Phi) is 9.08. The maximum Gasteiger partial charge on any atom is 0.120 e. The number of hydrogen-bond acceptors (Lipinski definition) is 3. The molecule has 0 saturated carbocycles. The number of furan rings is 1. The normalized spacial score (nSPS) is 11.4. The zero-order chi connectivity index (χ0) is 32.7. The van der Waals surface area contributed by atoms with Crippen LogP contribution in [0.1, 0.15) is 0 Å². The van der Waals surface area contributed by atoms with Crippen LogP contribution in [0, 0.1) is 12.1 Å². The van der Waals surface area contributed by atoms with Gasteiger partial charge in [-0.3, -0.25) is 4.98 Å². The van der Waals surface area contributed by atoms with Gasteiger partial charge >= 0.3 is 123 Å². The van der Waals surface area contributed by atoms with Crippen LogP contribution in [0.15, 0.2) is 150 Å². The molecule has 0 bridgehead atoms. The molecule has 0 aliphatic carbocycles. The summed E-state index contributed by atoms with van der Waals surface area (Å²) in [6, 6.07) is 54.3. The topological polar surface area (TPSA) is 43.9 Å². The van der Waals surface area contributed by atoms with Crippen molar-refractivity contribution in [3.63, 3.8) is 0 Å². The number of nitrogens with zero attached hydrogens (tertiary/aromatic N) is 3. The predicted molar refractivity (Wildman–Crippen MR) is 202 cm³/mol. The first kappa shape index (κ1) is 32.7. The van der Waals surface area contributed by atoms with E-state index in [2.05, 4.69) is 118 Å². The van der Waals surface area contributed by atoms with Gasteiger partial charge in [0.25, 0.3) is 0 Å². The summed E-state index contributed by atoms with van der Waals surface area (Å²) in [4.78, 5) is 9.59. The van der Waals surface area contributed by atoms with E-state index in [4.69, 9.17) is 9.40 Å². The van der Waals surface area contributed by atoms with Gasteiger partial charge in [0, 0.05) is 31.2 Å². The van der Waals surface area contributed by atoms with Crippen molar-refractivity contribution in [2.24, 2.45) is 0 Å². The molecule has 4 nitrogen and oxygen atoms in total. The number of imidazole rings is 1. The number of hydrogen-bond donors (Lipinski definition) is 0. The van der Waals surface area contributed by atoms with Crippen LogP contribution in [0.25, 0.3) is 72.1 Å². The van der Waals surface area contributed by atoms with Crippen LogP contribution in [0.5, 0.6) is 0 Å². The maximum absolute atomic E-state index is 6.24. The van der Waals surface area contributed by atoms with E-state index in [0.29, 0.717) is 0 Å². The molecule has 241 valence electrons. The summed E-state index contributed by atoms with van der Waals surface area (Å²) in [5, 5.41) is 4.64. The van der Waals surface area contributed by atoms with Gasteiger partial charge in [-0.15, -0.1) is 18.2 Å². The smallest absolute Gasteiger partial charge is 0.120 e. The van der Waals surface area contributed by atoms with E-state index in [1.807, 2.05) is 66.7 Å². The van der Waals surface area contributed by atoms with E-state index in [1.165, 1.54) is 15.2 Å². The van der Waals surface area contributed by atoms with Crippen molar-refractivity contribution in [2.45, 2.75) is 17.3 Å². The molecule has 6 aromatic carbocycles. The molecule has 0 atom stereocenters. The maximum atomic E-state index is 6.24. The third-order valence-corrected chi connectivity index (χ3v) is 13.0. The molecular weight excluding hydrogens is 839 g/mol. The van der Waals surface area contributed by atoms with Gasteiger partial charge in [0.15, 0.2) is 0 Å². The Morgan fingerprint density at radius 3 is 2.22 bits per heavy atom. The van der Waals surface area contributed by atoms with Gasteiger partial charge in [0.2, 0.25) is 0 Å². The second-order valence-electron chi connectivity index (χ2n) is 12.9. The molecule has 0 fully saturated rings. The summed E-state index contributed by atoms with van der Waals surface area (Å²) < 4.78 is 9.85. The van der Waals surface area contributed by atoms with E-state index in [1.54, 1.807) is 0 Å². The van der Waals surface area contributed by atoms with E-state index in [9.17, 15) is 0 Å². The second kappa shape index (κ2) is 13.6. The molecule has 1 radical (unpaired) electrons. The Morgan fingerprint density at radius 2 is 1.43 bits per heavy atom. The predicted octanol–water partition coefficient (Wildman–Crippen LogP) is 10.6. The fraction of sp³-hybridized carbons (Fsp3) is 0.0698. The summed E-state index contributed by atoms with van der Waals surface area (Å²) in [6.45, 7) is 0. The van der Waals surface area contributed by atoms with Crippen molar-refractivity contribution in [2.75, 3.05) is 0 Å². The molecule has 0 saturated heterocycles. The van der Waals surface area contributed by atoms with Crippen molar-refractivity contribution in [1.29, 1.82) is 0 Å². The third kappa shape index (κ3) is 6.38. The minimum Gasteiger partial charge on any atom is -0.501 e. The monoisotopic (exact) mass is 874 g/mol. The Labute approximate surface area is 302 Å². The number of para-hydroxylation sites is 4. The third-order valence-electron chi connectivity index (χ3n) is 8.72. The minimum atomic E-state index is -1.77. The molecule has 6 heteroatoms. The van der Waals surface area contributed by atoms with Crippen LogP contribution in [0.2, 0.25) is 17.3 Å². The molecule has 9 rings (SSSR count). The molecule has 0 aliphatic rings. The van der Waals surface area contributed by atoms with E-state index in [0.717, 1.165) is 61.3 Å². The van der Waals surface area contributed by atoms with Crippen molar-refractivity contribution in [3.8, 4) is 28.3 Å². The van der Waals surface area contributed by atoms with E-state index >= 15 is 0 Å². The van der Waals surface area contributed by atoms with Gasteiger partial charge in [0.05, 0.1) is 22.4 Å². The van der Waals surface area contributed by atoms with Crippen molar-refractivity contribution >= 4 is 61.4 Å². The summed E-state index contributed by atoms with van der Waals surface area (Å²) in [6.07, 6.45) is 2.05. The minimum absolute atomic E-state index is 0. The van der Waals surface area contributed by atoms with Crippen LogP contribution in [-0.2, 0) is 20.1 Å². The first-order valence-corrected chi connectivity index (χ1v) is 23.5. The molecule has 3 heterocycles. The van der Waals surface area contributed by atoms with Crippen LogP contribution in [-0.4, -0.2) is 27.8 Å². The standard InChI is InChI=1S/C25H15N2O.C18H18GeN.Ir/c1-2-9-17(10-3-1)27-22-15-6-5-14-21(22)26-25(27)20-13-8-12-19-18-11-4-7-16-23(18)28-24(19)20;1-19(2,3)17-10-11-18(20-13-17)16-9-8-14-6-4-5-7-15(14)12-16;/h1-12,14-16H;4-8,10-13H,1-3H3;/q2*-1;. The van der Waals surface area contributed by atoms with Crippen molar-refractivity contribution in [3.05, 3.63) is 158 Å². The van der Waals surface area contributed by atoms with Crippen LogP contribution in [0.4, 0.5) is 0 Å². The summed E-state index contributed by atoms with van der Waals surface area (Å²) in [5.41, 5.74) is 7.70. The average molecular weight is 873 g/mol. The SMILES string of the molecule is [CH3][Ge]([CH3])([CH3])[c]1ccc(-c2[c-]cc3ccccc3c2)nc1.[Ir].[c-]1ccc2c(oc3ccccc32)c1-c1nc2ccccc2n1-c1ccccc1. The Morgan fingerprint density at radius 1 is 0.694 bits per heavy atom. The summed E-state index contributed by atoms with van der Waals surface area (Å²) in [5.74, 6) is 7.99. The van der Waals surface area contributed by atoms with Gasteiger partial charge in [-0.25, -0.2) is 0 Å². The fourth-order valence-electron chi connectivity index (χ4n) is 6.16. The summed E-state index contributed by atoms with van der Waals surface area (Å²) >= 11 is -1.77.